The molecule has 0 saturated carbocycles. The minimum Gasteiger partial charge on any atom is -0.484 e. The van der Waals surface area contributed by atoms with Gasteiger partial charge in [-0.05, 0) is 56.5 Å². The molecule has 5 nitrogen and oxygen atoms in total. The van der Waals surface area contributed by atoms with E-state index in [2.05, 4.69) is 5.32 Å². The Kier molecular flexibility index (Phi) is 9.18. The normalized spacial score (nSPS) is 12.7. The molecule has 2 aromatic rings. The van der Waals surface area contributed by atoms with Crippen LogP contribution in [-0.4, -0.2) is 35.4 Å². The highest BCUT2D eigenvalue weighted by Crippen LogP contribution is 2.17. The second-order valence-corrected chi connectivity index (χ2v) is 7.93. The number of aryl methyl sites for hydroxylation is 1. The average Bonchev–Trinajstić information content (AvgIpc) is 2.74. The van der Waals surface area contributed by atoms with E-state index >= 15 is 0 Å². The van der Waals surface area contributed by atoms with Gasteiger partial charge in [0.25, 0.3) is 5.91 Å². The molecule has 0 aliphatic heterocycles. The highest BCUT2D eigenvalue weighted by Gasteiger charge is 2.29. The number of carbonyl (C=O) groups is 2. The minimum atomic E-state index is -0.568. The largest absolute Gasteiger partial charge is 0.484 e. The third kappa shape index (κ3) is 7.06. The van der Waals surface area contributed by atoms with Crippen LogP contribution in [0.25, 0.3) is 0 Å². The number of hydrogen-bond acceptors (Lipinski definition) is 3. The zero-order valence-corrected chi connectivity index (χ0v) is 18.9. The Balaban J connectivity index is 2.19. The standard InChI is InChI=1S/C24H31ClN2O3/c1-5-18(4)26-24(29)22(6-2)27(15-19-9-7-17(3)8-10-19)23(28)16-30-21-13-11-20(25)12-14-21/h7-14,18,22H,5-6,15-16H2,1-4H3,(H,26,29)/t18-,22-/m1/s1. The van der Waals surface area contributed by atoms with Gasteiger partial charge in [-0.1, -0.05) is 55.3 Å². The molecular formula is C24H31ClN2O3. The van der Waals surface area contributed by atoms with Crippen LogP contribution in [0.5, 0.6) is 5.75 Å². The van der Waals surface area contributed by atoms with Crippen LogP contribution in [0.15, 0.2) is 48.5 Å². The number of halogens is 1. The van der Waals surface area contributed by atoms with Crippen molar-refractivity contribution in [3.8, 4) is 5.75 Å². The van der Waals surface area contributed by atoms with Gasteiger partial charge < -0.3 is 15.0 Å². The van der Waals surface area contributed by atoms with E-state index in [-0.39, 0.29) is 24.5 Å². The van der Waals surface area contributed by atoms with Crippen molar-refractivity contribution >= 4 is 23.4 Å². The monoisotopic (exact) mass is 430 g/mol. The average molecular weight is 431 g/mol. The number of amides is 2. The summed E-state index contributed by atoms with van der Waals surface area (Å²) in [5, 5.41) is 3.60. The van der Waals surface area contributed by atoms with Gasteiger partial charge in [0.15, 0.2) is 6.61 Å². The zero-order chi connectivity index (χ0) is 22.1. The lowest BCUT2D eigenvalue weighted by molar-refractivity contribution is -0.143. The molecule has 2 aromatic carbocycles. The molecular weight excluding hydrogens is 400 g/mol. The van der Waals surface area contributed by atoms with Gasteiger partial charge in [-0.25, -0.2) is 0 Å². The molecule has 0 fully saturated rings. The van der Waals surface area contributed by atoms with E-state index in [0.29, 0.717) is 23.7 Å². The zero-order valence-electron chi connectivity index (χ0n) is 18.2. The van der Waals surface area contributed by atoms with Crippen LogP contribution in [0.4, 0.5) is 0 Å². The van der Waals surface area contributed by atoms with Gasteiger partial charge in [-0.3, -0.25) is 9.59 Å². The van der Waals surface area contributed by atoms with Crippen LogP contribution < -0.4 is 10.1 Å². The van der Waals surface area contributed by atoms with Gasteiger partial charge >= 0.3 is 0 Å². The number of nitrogens with one attached hydrogen (secondary N) is 1. The van der Waals surface area contributed by atoms with Crippen molar-refractivity contribution in [3.63, 3.8) is 0 Å². The SMILES string of the molecule is CC[C@@H](C)NC(=O)[C@@H](CC)N(Cc1ccc(C)cc1)C(=O)COc1ccc(Cl)cc1. The van der Waals surface area contributed by atoms with E-state index in [1.165, 1.54) is 0 Å². The number of nitrogens with zero attached hydrogens (tertiary/aromatic N) is 1. The van der Waals surface area contributed by atoms with Crippen molar-refractivity contribution in [3.05, 3.63) is 64.7 Å². The number of benzene rings is 2. The Bertz CT molecular complexity index is 821. The van der Waals surface area contributed by atoms with Crippen LogP contribution in [0.1, 0.15) is 44.7 Å². The summed E-state index contributed by atoms with van der Waals surface area (Å²) in [6.07, 6.45) is 1.34. The lowest BCUT2D eigenvalue weighted by Crippen LogP contribution is -2.51. The number of rotatable bonds is 10. The van der Waals surface area contributed by atoms with Crippen LogP contribution in [0.3, 0.4) is 0 Å². The molecule has 0 unspecified atom stereocenters. The number of carbonyl (C=O) groups excluding carboxylic acids is 2. The first-order valence-electron chi connectivity index (χ1n) is 10.4. The molecule has 2 rings (SSSR count). The fraction of sp³-hybridized carbons (Fsp3) is 0.417. The molecule has 162 valence electrons. The molecule has 0 saturated heterocycles. The van der Waals surface area contributed by atoms with Crippen molar-refractivity contribution in [2.75, 3.05) is 6.61 Å². The van der Waals surface area contributed by atoms with Gasteiger partial charge in [-0.15, -0.1) is 0 Å². The first-order chi connectivity index (χ1) is 14.3. The summed E-state index contributed by atoms with van der Waals surface area (Å²) >= 11 is 5.90. The summed E-state index contributed by atoms with van der Waals surface area (Å²) in [5.41, 5.74) is 2.11. The van der Waals surface area contributed by atoms with Crippen molar-refractivity contribution < 1.29 is 14.3 Å². The topological polar surface area (TPSA) is 58.6 Å². The van der Waals surface area contributed by atoms with E-state index in [1.54, 1.807) is 29.2 Å². The molecule has 0 heterocycles. The molecule has 0 aliphatic rings. The molecule has 6 heteroatoms. The maximum atomic E-state index is 13.1. The van der Waals surface area contributed by atoms with E-state index in [0.717, 1.165) is 17.5 Å². The second kappa shape index (κ2) is 11.6. The quantitative estimate of drug-likeness (QED) is 0.591. The Hall–Kier alpha value is -2.53. The molecule has 2 amide bonds. The first-order valence-corrected chi connectivity index (χ1v) is 10.8. The van der Waals surface area contributed by atoms with E-state index in [9.17, 15) is 9.59 Å². The van der Waals surface area contributed by atoms with Crippen LogP contribution in [0.2, 0.25) is 5.02 Å². The van der Waals surface area contributed by atoms with Gasteiger partial charge in [0.05, 0.1) is 0 Å². The third-order valence-electron chi connectivity index (χ3n) is 5.04. The number of hydrogen-bond donors (Lipinski definition) is 1. The van der Waals surface area contributed by atoms with Gasteiger partial charge in [0, 0.05) is 17.6 Å². The van der Waals surface area contributed by atoms with Crippen molar-refractivity contribution in [1.29, 1.82) is 0 Å². The maximum absolute atomic E-state index is 13.1. The Morgan fingerprint density at radius 2 is 1.67 bits per heavy atom. The molecule has 0 aliphatic carbocycles. The smallest absolute Gasteiger partial charge is 0.261 e. The molecule has 0 radical (unpaired) electrons. The fourth-order valence-corrected chi connectivity index (χ4v) is 3.14. The van der Waals surface area contributed by atoms with Gasteiger partial charge in [-0.2, -0.15) is 0 Å². The lowest BCUT2D eigenvalue weighted by atomic mass is 10.1. The summed E-state index contributed by atoms with van der Waals surface area (Å²) in [7, 11) is 0. The summed E-state index contributed by atoms with van der Waals surface area (Å²) in [6.45, 7) is 8.09. The Morgan fingerprint density at radius 3 is 2.23 bits per heavy atom. The summed E-state index contributed by atoms with van der Waals surface area (Å²) < 4.78 is 5.66. The molecule has 0 bridgehead atoms. The van der Waals surface area contributed by atoms with E-state index in [1.807, 2.05) is 52.0 Å². The van der Waals surface area contributed by atoms with Crippen LogP contribution >= 0.6 is 11.6 Å². The van der Waals surface area contributed by atoms with E-state index < -0.39 is 6.04 Å². The second-order valence-electron chi connectivity index (χ2n) is 7.49. The first kappa shape index (κ1) is 23.7. The molecule has 0 spiro atoms. The fourth-order valence-electron chi connectivity index (χ4n) is 3.01. The van der Waals surface area contributed by atoms with Crippen LogP contribution in [0, 0.1) is 6.92 Å². The predicted molar refractivity (Wildman–Crippen MR) is 121 cm³/mol. The summed E-state index contributed by atoms with van der Waals surface area (Å²) in [6, 6.07) is 14.3. The van der Waals surface area contributed by atoms with E-state index in [4.69, 9.17) is 16.3 Å². The maximum Gasteiger partial charge on any atom is 0.261 e. The van der Waals surface area contributed by atoms with Crippen molar-refractivity contribution in [2.45, 2.75) is 59.2 Å². The number of ether oxygens (including phenoxy) is 1. The highest BCUT2D eigenvalue weighted by atomic mass is 35.5. The third-order valence-corrected chi connectivity index (χ3v) is 5.29. The van der Waals surface area contributed by atoms with Crippen molar-refractivity contribution in [1.82, 2.24) is 10.2 Å². The minimum absolute atomic E-state index is 0.0493. The van der Waals surface area contributed by atoms with Crippen LogP contribution in [-0.2, 0) is 16.1 Å². The predicted octanol–water partition coefficient (Wildman–Crippen LogP) is 4.75. The molecule has 30 heavy (non-hydrogen) atoms. The lowest BCUT2D eigenvalue weighted by Gasteiger charge is -2.31. The summed E-state index contributed by atoms with van der Waals surface area (Å²) in [5.74, 6) is 0.177. The Labute approximate surface area is 184 Å². The van der Waals surface area contributed by atoms with Gasteiger partial charge in [0.1, 0.15) is 11.8 Å². The Morgan fingerprint density at radius 1 is 1.03 bits per heavy atom. The van der Waals surface area contributed by atoms with Gasteiger partial charge in [0.2, 0.25) is 5.91 Å². The highest BCUT2D eigenvalue weighted by molar-refractivity contribution is 6.30. The molecule has 2 atom stereocenters. The molecule has 1 N–H and O–H groups in total. The molecule has 0 aromatic heterocycles. The summed E-state index contributed by atoms with van der Waals surface area (Å²) in [4.78, 5) is 27.6. The van der Waals surface area contributed by atoms with Crippen molar-refractivity contribution in [2.24, 2.45) is 0 Å².